The molecule has 12 nitrogen and oxygen atoms in total. The first-order valence-electron chi connectivity index (χ1n) is 6.13. The molecule has 2 rings (SSSR count). The summed E-state index contributed by atoms with van der Waals surface area (Å²) in [6.45, 7) is 0. The van der Waals surface area contributed by atoms with Crippen molar-refractivity contribution in [1.29, 1.82) is 0 Å². The quantitative estimate of drug-likeness (QED) is 0.189. The maximum Gasteiger partial charge on any atom is 2.00 e. The van der Waals surface area contributed by atoms with Crippen LogP contribution >= 0.6 is 0 Å². The van der Waals surface area contributed by atoms with E-state index < -0.39 is 34.7 Å². The summed E-state index contributed by atoms with van der Waals surface area (Å²) >= 11 is 0. The van der Waals surface area contributed by atoms with E-state index in [9.17, 15) is 19.2 Å². The molecule has 0 heterocycles. The largest absolute Gasteiger partial charge is 2.00 e. The Balaban J connectivity index is -0.0000000625. The van der Waals surface area contributed by atoms with E-state index in [1.54, 1.807) is 0 Å². The minimum absolute atomic E-state index is 0. The third-order valence-corrected chi connectivity index (χ3v) is 4.05. The molecule has 0 aromatic rings. The summed E-state index contributed by atoms with van der Waals surface area (Å²) in [5, 5.41) is 33.9. The van der Waals surface area contributed by atoms with Crippen molar-refractivity contribution < 1.29 is 81.7 Å². The van der Waals surface area contributed by atoms with Crippen molar-refractivity contribution in [3.8, 4) is 0 Å². The molecule has 0 atom stereocenters. The number of hydrogen-bond acceptors (Lipinski definition) is 8. The predicted molar refractivity (Wildman–Crippen MR) is 83.2 cm³/mol. The van der Waals surface area contributed by atoms with Gasteiger partial charge in [0.25, 0.3) is 0 Å². The number of carboxylic acids is 4. The van der Waals surface area contributed by atoms with Crippen LogP contribution in [-0.2, 0) is 61.3 Å². The van der Waals surface area contributed by atoms with Crippen LogP contribution in [0.5, 0.6) is 0 Å². The van der Waals surface area contributed by atoms with Gasteiger partial charge in [-0.25, -0.2) is 0 Å². The summed E-state index contributed by atoms with van der Waals surface area (Å²) < 4.78 is 0. The average Bonchev–Trinajstić information content (AvgIpc) is 2.10. The third-order valence-electron chi connectivity index (χ3n) is 4.05. The van der Waals surface area contributed by atoms with E-state index in [0.29, 0.717) is 12.8 Å². The van der Waals surface area contributed by atoms with Crippen molar-refractivity contribution in [2.24, 2.45) is 10.8 Å². The number of carboxylic acid groups (broad SMARTS) is 4. The van der Waals surface area contributed by atoms with Gasteiger partial charge in [0.05, 0.1) is 0 Å². The van der Waals surface area contributed by atoms with E-state index in [-0.39, 0.29) is 92.4 Å². The van der Waals surface area contributed by atoms with E-state index >= 15 is 0 Å². The van der Waals surface area contributed by atoms with Crippen molar-refractivity contribution in [2.75, 3.05) is 0 Å². The molecule has 0 amide bonds. The standard InChI is InChI=1S/2C6H8O4.4H3N.2Pt/c2*7-4(8)6(5(9)10)2-1-3-6;;;;;;/h2*1-3H2,(H,7,8)(H,9,10);4*1H3;;/q;;;;;;;+2. The first-order chi connectivity index (χ1) is 9.19. The van der Waals surface area contributed by atoms with Gasteiger partial charge in [0, 0.05) is 21.1 Å². The summed E-state index contributed by atoms with van der Waals surface area (Å²) in [7, 11) is 0. The van der Waals surface area contributed by atoms with E-state index in [0.717, 1.165) is 0 Å². The monoisotopic (exact) mass is 746 g/mol. The Morgan fingerprint density at radius 1 is 0.538 bits per heavy atom. The van der Waals surface area contributed by atoms with Crippen LogP contribution in [0.3, 0.4) is 0 Å². The second kappa shape index (κ2) is 15.2. The van der Waals surface area contributed by atoms with Gasteiger partial charge in [0.15, 0.2) is 10.8 Å². The molecule has 2 saturated carbocycles. The Hall–Kier alpha value is -0.903. The average molecular weight is 747 g/mol. The number of aliphatic carboxylic acids is 4. The van der Waals surface area contributed by atoms with E-state index in [4.69, 9.17) is 20.4 Å². The van der Waals surface area contributed by atoms with Gasteiger partial charge >= 0.3 is 44.9 Å². The van der Waals surface area contributed by atoms with Gasteiger partial charge in [0.1, 0.15) is 0 Å². The van der Waals surface area contributed by atoms with Crippen LogP contribution in [0.4, 0.5) is 0 Å². The number of rotatable bonds is 4. The summed E-state index contributed by atoms with van der Waals surface area (Å²) in [5.41, 5.74) is -2.89. The van der Waals surface area contributed by atoms with Crippen molar-refractivity contribution in [3.05, 3.63) is 0 Å². The fraction of sp³-hybridized carbons (Fsp3) is 0.667. The molecular formula is C12H28N4O8Pt2+2. The van der Waals surface area contributed by atoms with Crippen LogP contribution in [0.25, 0.3) is 0 Å². The fourth-order valence-electron chi connectivity index (χ4n) is 2.10. The molecular weight excluding hydrogens is 718 g/mol. The molecule has 0 aliphatic heterocycles. The van der Waals surface area contributed by atoms with Crippen LogP contribution in [-0.4, -0.2) is 44.3 Å². The Morgan fingerprint density at radius 2 is 0.692 bits per heavy atom. The second-order valence-electron chi connectivity index (χ2n) is 5.09. The van der Waals surface area contributed by atoms with Gasteiger partial charge in [-0.05, 0) is 38.5 Å². The Morgan fingerprint density at radius 3 is 0.692 bits per heavy atom. The molecule has 26 heavy (non-hydrogen) atoms. The minimum Gasteiger partial charge on any atom is -0.480 e. The normalized spacial score (nSPS) is 16.3. The fourth-order valence-corrected chi connectivity index (χ4v) is 2.10. The molecule has 2 aliphatic carbocycles. The van der Waals surface area contributed by atoms with Gasteiger partial charge in [-0.15, -0.1) is 0 Å². The topological polar surface area (TPSA) is 289 Å². The molecule has 0 aromatic heterocycles. The maximum absolute atomic E-state index is 10.4. The van der Waals surface area contributed by atoms with Gasteiger partial charge in [0.2, 0.25) is 0 Å². The number of hydrogen-bond donors (Lipinski definition) is 8. The number of carbonyl (C=O) groups is 4. The van der Waals surface area contributed by atoms with Crippen molar-refractivity contribution >= 4 is 23.9 Å². The molecule has 2 aliphatic rings. The van der Waals surface area contributed by atoms with Gasteiger partial charge < -0.3 is 45.0 Å². The molecule has 162 valence electrons. The summed E-state index contributed by atoms with van der Waals surface area (Å²) in [6.07, 6.45) is 2.52. The smallest absolute Gasteiger partial charge is 0.480 e. The third kappa shape index (κ3) is 7.38. The zero-order valence-corrected chi connectivity index (χ0v) is 18.7. The Bertz CT molecular complexity index is 396. The van der Waals surface area contributed by atoms with E-state index in [2.05, 4.69) is 0 Å². The minimum atomic E-state index is -1.44. The summed E-state index contributed by atoms with van der Waals surface area (Å²) in [6, 6.07) is 0. The maximum atomic E-state index is 10.4. The van der Waals surface area contributed by atoms with Crippen LogP contribution in [0.2, 0.25) is 0 Å². The summed E-state index contributed by atoms with van der Waals surface area (Å²) in [4.78, 5) is 41.5. The van der Waals surface area contributed by atoms with Crippen LogP contribution in [0, 0.1) is 10.8 Å². The first-order valence-corrected chi connectivity index (χ1v) is 6.13. The molecule has 2 fully saturated rings. The molecule has 16 N–H and O–H groups in total. The molecule has 0 aromatic carbocycles. The molecule has 0 unspecified atom stereocenters. The zero-order valence-electron chi connectivity index (χ0n) is 14.1. The molecule has 0 radical (unpaired) electrons. The second-order valence-corrected chi connectivity index (χ2v) is 5.09. The van der Waals surface area contributed by atoms with Gasteiger partial charge in [-0.2, -0.15) is 0 Å². The van der Waals surface area contributed by atoms with Crippen molar-refractivity contribution in [3.63, 3.8) is 0 Å². The summed E-state index contributed by atoms with van der Waals surface area (Å²) in [5.74, 6) is -4.81. The first kappa shape index (κ1) is 40.0. The molecule has 0 bridgehead atoms. The Kier molecular flexibility index (Phi) is 23.3. The Labute approximate surface area is 179 Å². The zero-order chi connectivity index (χ0) is 15.6. The predicted octanol–water partition coefficient (Wildman–Crippen LogP) is 1.29. The molecule has 0 saturated heterocycles. The SMILES string of the molecule is N.N.N.N.O=C(O)C1(C(=O)O)CCC1.O=C(O)C1(C(=O)O)CCC1.[Pt+2].[Pt]. The van der Waals surface area contributed by atoms with E-state index in [1.807, 2.05) is 0 Å². The molecule has 0 spiro atoms. The van der Waals surface area contributed by atoms with Gasteiger partial charge in [-0.3, -0.25) is 19.2 Å². The molecule has 14 heteroatoms. The van der Waals surface area contributed by atoms with Gasteiger partial charge in [-0.1, -0.05) is 0 Å². The van der Waals surface area contributed by atoms with E-state index in [1.165, 1.54) is 0 Å². The van der Waals surface area contributed by atoms with Crippen molar-refractivity contribution in [2.45, 2.75) is 38.5 Å². The van der Waals surface area contributed by atoms with Crippen LogP contribution in [0.1, 0.15) is 38.5 Å². The van der Waals surface area contributed by atoms with Crippen molar-refractivity contribution in [1.82, 2.24) is 24.6 Å². The van der Waals surface area contributed by atoms with Crippen LogP contribution in [0.15, 0.2) is 0 Å². The van der Waals surface area contributed by atoms with Crippen LogP contribution < -0.4 is 24.6 Å².